The molecule has 14 heteroatoms. The smallest absolute Gasteiger partial charge is 0.326 e. The van der Waals surface area contributed by atoms with E-state index in [0.29, 0.717) is 19.3 Å². The molecule has 1 aromatic carbocycles. The fraction of sp³-hybridized carbons (Fsp3) is 0.500. The molecule has 0 bridgehead atoms. The number of guanidine groups is 1. The number of hydrogen-bond donors (Lipinski definition) is 7. The molecule has 0 saturated carbocycles. The summed E-state index contributed by atoms with van der Waals surface area (Å²) in [6, 6.07) is 4.34. The van der Waals surface area contributed by atoms with Crippen molar-refractivity contribution in [1.82, 2.24) is 15.5 Å². The highest BCUT2D eigenvalue weighted by molar-refractivity contribution is 5.95. The van der Waals surface area contributed by atoms with Gasteiger partial charge in [-0.3, -0.25) is 24.2 Å². The van der Waals surface area contributed by atoms with E-state index in [-0.39, 0.29) is 31.9 Å². The summed E-state index contributed by atoms with van der Waals surface area (Å²) in [6.07, 6.45) is 0.916. The Kier molecular flexibility index (Phi) is 11.5. The molecular weight excluding hydrogens is 496 g/mol. The minimum absolute atomic E-state index is 0.0675. The van der Waals surface area contributed by atoms with Crippen molar-refractivity contribution in [1.29, 1.82) is 0 Å². The van der Waals surface area contributed by atoms with Gasteiger partial charge in [-0.25, -0.2) is 4.79 Å². The summed E-state index contributed by atoms with van der Waals surface area (Å²) in [6.45, 7) is 0.429. The molecule has 0 aliphatic carbocycles. The number of likely N-dealkylation sites (tertiary alicyclic amines) is 1. The molecule has 0 aromatic heterocycles. The molecule has 208 valence electrons. The Morgan fingerprint density at radius 3 is 2.29 bits per heavy atom. The van der Waals surface area contributed by atoms with Gasteiger partial charge in [-0.15, -0.1) is 0 Å². The van der Waals surface area contributed by atoms with Gasteiger partial charge in [-0.2, -0.15) is 0 Å². The van der Waals surface area contributed by atoms with Crippen LogP contribution in [0.3, 0.4) is 0 Å². The average Bonchev–Trinajstić information content (AvgIpc) is 3.35. The van der Waals surface area contributed by atoms with E-state index in [0.717, 1.165) is 5.56 Å². The maximum atomic E-state index is 13.4. The molecule has 14 nitrogen and oxygen atoms in total. The topological polar surface area (TPSA) is 249 Å². The monoisotopic (exact) mass is 532 g/mol. The Hall–Kier alpha value is -4.20. The molecule has 38 heavy (non-hydrogen) atoms. The number of primary amides is 1. The van der Waals surface area contributed by atoms with Gasteiger partial charge in [0.15, 0.2) is 5.96 Å². The second-order valence-electron chi connectivity index (χ2n) is 9.07. The van der Waals surface area contributed by atoms with E-state index in [4.69, 9.17) is 22.9 Å². The van der Waals surface area contributed by atoms with Gasteiger partial charge >= 0.3 is 5.97 Å². The number of benzene rings is 1. The normalized spacial score (nSPS) is 17.1. The highest BCUT2D eigenvalue weighted by Gasteiger charge is 2.38. The quantitative estimate of drug-likeness (QED) is 0.0760. The van der Waals surface area contributed by atoms with Crippen molar-refractivity contribution in [3.05, 3.63) is 35.9 Å². The van der Waals surface area contributed by atoms with Gasteiger partial charge in [0.2, 0.25) is 23.6 Å². The van der Waals surface area contributed by atoms with Crippen LogP contribution in [0.4, 0.5) is 0 Å². The van der Waals surface area contributed by atoms with Crippen LogP contribution < -0.4 is 33.6 Å². The fourth-order valence-corrected chi connectivity index (χ4v) is 4.17. The number of carbonyl (C=O) groups excluding carboxylic acids is 4. The largest absolute Gasteiger partial charge is 0.480 e. The lowest BCUT2D eigenvalue weighted by molar-refractivity contribution is -0.149. The van der Waals surface area contributed by atoms with Crippen LogP contribution in [-0.2, 0) is 30.4 Å². The van der Waals surface area contributed by atoms with Crippen LogP contribution in [0, 0.1) is 0 Å². The molecule has 0 radical (unpaired) electrons. The minimum atomic E-state index is -1.27. The number of amides is 4. The molecule has 1 aliphatic rings. The Morgan fingerprint density at radius 2 is 1.68 bits per heavy atom. The summed E-state index contributed by atoms with van der Waals surface area (Å²) in [7, 11) is 0. The Bertz CT molecular complexity index is 1030. The third-order valence-corrected chi connectivity index (χ3v) is 6.05. The van der Waals surface area contributed by atoms with E-state index in [1.807, 2.05) is 0 Å². The Morgan fingerprint density at radius 1 is 1.03 bits per heavy atom. The maximum Gasteiger partial charge on any atom is 0.326 e. The Balaban J connectivity index is 2.25. The molecule has 1 aromatic rings. The molecule has 4 atom stereocenters. The standard InChI is InChI=1S/C24H36N8O6/c25-15(13-19(26)33)20(34)31-17(12-14-6-2-1-3-7-14)21(35)30-16(8-4-10-29-24(27)28)22(36)32-11-5-9-18(32)23(37)38/h1-3,6-7,15-18H,4-5,8-13,25H2,(H2,26,33)(H,30,35)(H,31,34)(H,37,38)(H4,27,28,29). The highest BCUT2D eigenvalue weighted by Crippen LogP contribution is 2.20. The van der Waals surface area contributed by atoms with Gasteiger partial charge in [0, 0.05) is 19.5 Å². The molecular formula is C24H36N8O6. The van der Waals surface area contributed by atoms with Crippen molar-refractivity contribution in [2.75, 3.05) is 13.1 Å². The second kappa shape index (κ2) is 14.5. The molecule has 1 heterocycles. The molecule has 0 spiro atoms. The molecule has 1 saturated heterocycles. The number of aliphatic imine (C=N–C) groups is 1. The Labute approximate surface area is 220 Å². The zero-order valence-corrected chi connectivity index (χ0v) is 21.0. The highest BCUT2D eigenvalue weighted by atomic mass is 16.4. The first-order valence-corrected chi connectivity index (χ1v) is 12.3. The van der Waals surface area contributed by atoms with Gasteiger partial charge in [-0.1, -0.05) is 30.3 Å². The van der Waals surface area contributed by atoms with Crippen LogP contribution in [0.25, 0.3) is 0 Å². The van der Waals surface area contributed by atoms with E-state index < -0.39 is 60.2 Å². The van der Waals surface area contributed by atoms with Crippen LogP contribution in [0.15, 0.2) is 35.3 Å². The lowest BCUT2D eigenvalue weighted by atomic mass is 10.0. The summed E-state index contributed by atoms with van der Waals surface area (Å²) in [5.74, 6) is -4.02. The van der Waals surface area contributed by atoms with Gasteiger partial charge < -0.3 is 43.6 Å². The van der Waals surface area contributed by atoms with Crippen molar-refractivity contribution in [3.8, 4) is 0 Å². The molecule has 4 amide bonds. The third-order valence-electron chi connectivity index (χ3n) is 6.05. The predicted molar refractivity (Wildman–Crippen MR) is 138 cm³/mol. The number of carbonyl (C=O) groups is 5. The number of nitrogens with two attached hydrogens (primary N) is 4. The number of nitrogens with one attached hydrogen (secondary N) is 2. The lowest BCUT2D eigenvalue weighted by Crippen LogP contribution is -2.57. The summed E-state index contributed by atoms with van der Waals surface area (Å²) in [5, 5.41) is 14.7. The van der Waals surface area contributed by atoms with Crippen LogP contribution >= 0.6 is 0 Å². The molecule has 1 aliphatic heterocycles. The number of carboxylic acid groups (broad SMARTS) is 1. The summed E-state index contributed by atoms with van der Waals surface area (Å²) in [4.78, 5) is 67.3. The molecule has 4 unspecified atom stereocenters. The fourth-order valence-electron chi connectivity index (χ4n) is 4.17. The SMILES string of the molecule is NC(=O)CC(N)C(=O)NC(Cc1ccccc1)C(=O)NC(CCCN=C(N)N)C(=O)N1CCCC1C(=O)O. The van der Waals surface area contributed by atoms with E-state index in [2.05, 4.69) is 15.6 Å². The zero-order chi connectivity index (χ0) is 28.2. The minimum Gasteiger partial charge on any atom is -0.480 e. The van der Waals surface area contributed by atoms with Crippen molar-refractivity contribution in [3.63, 3.8) is 0 Å². The van der Waals surface area contributed by atoms with Crippen LogP contribution in [0.5, 0.6) is 0 Å². The van der Waals surface area contributed by atoms with Crippen molar-refractivity contribution < 1.29 is 29.1 Å². The van der Waals surface area contributed by atoms with Crippen LogP contribution in [-0.4, -0.2) is 82.8 Å². The van der Waals surface area contributed by atoms with Crippen LogP contribution in [0.2, 0.25) is 0 Å². The van der Waals surface area contributed by atoms with E-state index in [1.165, 1.54) is 4.90 Å². The van der Waals surface area contributed by atoms with E-state index >= 15 is 0 Å². The van der Waals surface area contributed by atoms with Gasteiger partial charge in [0.05, 0.1) is 12.5 Å². The molecule has 2 rings (SSSR count). The summed E-state index contributed by atoms with van der Waals surface area (Å²) >= 11 is 0. The molecule has 11 N–H and O–H groups in total. The molecule has 1 fully saturated rings. The number of carboxylic acids is 1. The van der Waals surface area contributed by atoms with Gasteiger partial charge in [0.1, 0.15) is 18.1 Å². The van der Waals surface area contributed by atoms with Gasteiger partial charge in [-0.05, 0) is 31.2 Å². The zero-order valence-electron chi connectivity index (χ0n) is 21.0. The lowest BCUT2D eigenvalue weighted by Gasteiger charge is -2.29. The number of nitrogens with zero attached hydrogens (tertiary/aromatic N) is 2. The average molecular weight is 533 g/mol. The van der Waals surface area contributed by atoms with Gasteiger partial charge in [0.25, 0.3) is 0 Å². The first-order chi connectivity index (χ1) is 18.0. The predicted octanol–water partition coefficient (Wildman–Crippen LogP) is -2.47. The van der Waals surface area contributed by atoms with Crippen molar-refractivity contribution in [2.24, 2.45) is 27.9 Å². The number of hydrogen-bond acceptors (Lipinski definition) is 7. The summed E-state index contributed by atoms with van der Waals surface area (Å²) < 4.78 is 0. The number of aliphatic carboxylic acids is 1. The van der Waals surface area contributed by atoms with Crippen LogP contribution in [0.1, 0.15) is 37.7 Å². The first-order valence-electron chi connectivity index (χ1n) is 12.3. The van der Waals surface area contributed by atoms with Crippen molar-refractivity contribution in [2.45, 2.75) is 62.7 Å². The third kappa shape index (κ3) is 9.35. The van der Waals surface area contributed by atoms with E-state index in [9.17, 15) is 29.1 Å². The van der Waals surface area contributed by atoms with Crippen molar-refractivity contribution >= 4 is 35.6 Å². The first kappa shape index (κ1) is 30.0. The number of rotatable bonds is 14. The maximum absolute atomic E-state index is 13.4. The summed E-state index contributed by atoms with van der Waals surface area (Å²) in [5.41, 5.74) is 22.3. The van der Waals surface area contributed by atoms with E-state index in [1.54, 1.807) is 30.3 Å². The second-order valence-corrected chi connectivity index (χ2v) is 9.07.